The Morgan fingerprint density at radius 1 is 0.844 bits per heavy atom. The van der Waals surface area contributed by atoms with Crippen molar-refractivity contribution in [3.05, 3.63) is 78.6 Å². The summed E-state index contributed by atoms with van der Waals surface area (Å²) in [4.78, 5) is 36.2. The fourth-order valence-electron chi connectivity index (χ4n) is 2.85. The lowest BCUT2D eigenvalue weighted by molar-refractivity contribution is 0.0958. The van der Waals surface area contributed by atoms with Gasteiger partial charge < -0.3 is 20.7 Å². The van der Waals surface area contributed by atoms with Gasteiger partial charge in [-0.15, -0.1) is 0 Å². The molecule has 0 aliphatic carbocycles. The summed E-state index contributed by atoms with van der Waals surface area (Å²) >= 11 is 0. The van der Waals surface area contributed by atoms with E-state index < -0.39 is 11.8 Å². The van der Waals surface area contributed by atoms with Crippen LogP contribution in [0.2, 0.25) is 0 Å². The number of carbonyl (C=O) groups excluding carboxylic acids is 2. The van der Waals surface area contributed by atoms with Crippen LogP contribution in [-0.4, -0.2) is 33.9 Å². The highest BCUT2D eigenvalue weighted by atomic mass is 19.1. The fraction of sp³-hybridized carbons (Fsp3) is 0.0455. The van der Waals surface area contributed by atoms with Crippen LogP contribution in [0.1, 0.15) is 10.5 Å². The van der Waals surface area contributed by atoms with E-state index in [0.29, 0.717) is 22.5 Å². The summed E-state index contributed by atoms with van der Waals surface area (Å²) in [6.45, 7) is 0. The minimum absolute atomic E-state index is 0.0313. The summed E-state index contributed by atoms with van der Waals surface area (Å²) in [5.74, 6) is -0.556. The Morgan fingerprint density at radius 3 is 2.41 bits per heavy atom. The zero-order chi connectivity index (χ0) is 22.5. The third-order valence-corrected chi connectivity index (χ3v) is 4.34. The van der Waals surface area contributed by atoms with Crippen LogP contribution in [0.25, 0.3) is 11.0 Å². The van der Waals surface area contributed by atoms with E-state index in [4.69, 9.17) is 4.74 Å². The predicted molar refractivity (Wildman–Crippen MR) is 116 cm³/mol. The van der Waals surface area contributed by atoms with Gasteiger partial charge >= 0.3 is 6.03 Å². The molecule has 3 N–H and O–H groups in total. The standard InChI is InChI=1S/C22H17FN6O3/c1-24-21(30)20-12-15(6-7-25-20)32-14-3-5-17(16(23)11-14)29-22(31)28-13-2-4-18-19(10-13)27-9-8-26-18/h2-12H,1H3,(H,24,30)(H2,28,29,31). The minimum Gasteiger partial charge on any atom is -0.457 e. The Morgan fingerprint density at radius 2 is 1.62 bits per heavy atom. The number of nitrogens with zero attached hydrogens (tertiary/aromatic N) is 3. The number of fused-ring (bicyclic) bond motifs is 1. The lowest BCUT2D eigenvalue weighted by Gasteiger charge is -2.11. The summed E-state index contributed by atoms with van der Waals surface area (Å²) < 4.78 is 20.1. The van der Waals surface area contributed by atoms with Crippen molar-refractivity contribution in [2.24, 2.45) is 0 Å². The maximum absolute atomic E-state index is 14.5. The lowest BCUT2D eigenvalue weighted by atomic mass is 10.2. The Hall–Kier alpha value is -4.60. The highest BCUT2D eigenvalue weighted by Gasteiger charge is 2.11. The SMILES string of the molecule is CNC(=O)c1cc(Oc2ccc(NC(=O)Nc3ccc4nccnc4c3)c(F)c2)ccn1. The molecule has 0 radical (unpaired) electrons. The number of amides is 3. The number of hydrogen-bond acceptors (Lipinski definition) is 6. The average Bonchev–Trinajstić information content (AvgIpc) is 2.80. The topological polar surface area (TPSA) is 118 Å². The van der Waals surface area contributed by atoms with Gasteiger partial charge in [0.15, 0.2) is 0 Å². The Kier molecular flexibility index (Phi) is 5.84. The molecule has 0 saturated carbocycles. The first-order chi connectivity index (χ1) is 15.5. The highest BCUT2D eigenvalue weighted by molar-refractivity contribution is 6.00. The zero-order valence-corrected chi connectivity index (χ0v) is 16.8. The van der Waals surface area contributed by atoms with Crippen molar-refractivity contribution in [3.8, 4) is 11.5 Å². The molecule has 0 spiro atoms. The maximum Gasteiger partial charge on any atom is 0.323 e. The summed E-state index contributed by atoms with van der Waals surface area (Å²) in [5.41, 5.74) is 1.93. The molecule has 4 aromatic rings. The molecule has 4 rings (SSSR count). The van der Waals surface area contributed by atoms with Crippen LogP contribution in [0, 0.1) is 5.82 Å². The molecule has 0 unspecified atom stereocenters. The van der Waals surface area contributed by atoms with E-state index in [1.807, 2.05) is 0 Å². The molecule has 10 heteroatoms. The second-order valence-corrected chi connectivity index (χ2v) is 6.54. The molecule has 0 saturated heterocycles. The average molecular weight is 432 g/mol. The molecule has 0 aliphatic rings. The van der Waals surface area contributed by atoms with Crippen molar-refractivity contribution in [2.75, 3.05) is 17.7 Å². The van der Waals surface area contributed by atoms with Crippen LogP contribution in [0.3, 0.4) is 0 Å². The molecule has 0 atom stereocenters. The number of pyridine rings is 1. The lowest BCUT2D eigenvalue weighted by Crippen LogP contribution is -2.20. The summed E-state index contributed by atoms with van der Waals surface area (Å²) in [7, 11) is 1.49. The number of anilines is 2. The first-order valence-electron chi connectivity index (χ1n) is 9.46. The second kappa shape index (κ2) is 9.04. The van der Waals surface area contributed by atoms with Crippen molar-refractivity contribution < 1.29 is 18.7 Å². The van der Waals surface area contributed by atoms with E-state index in [2.05, 4.69) is 30.9 Å². The van der Waals surface area contributed by atoms with Gasteiger partial charge in [-0.3, -0.25) is 19.7 Å². The predicted octanol–water partition coefficient (Wildman–Crippen LogP) is 3.96. The molecule has 32 heavy (non-hydrogen) atoms. The number of hydrogen-bond donors (Lipinski definition) is 3. The number of halogens is 1. The maximum atomic E-state index is 14.5. The van der Waals surface area contributed by atoms with Gasteiger partial charge in [-0.1, -0.05) is 0 Å². The molecule has 2 aromatic heterocycles. The number of urea groups is 1. The molecular weight excluding hydrogens is 415 g/mol. The van der Waals surface area contributed by atoms with Crippen LogP contribution >= 0.6 is 0 Å². The minimum atomic E-state index is -0.692. The Labute approximate surface area is 181 Å². The third kappa shape index (κ3) is 4.75. The Bertz CT molecular complexity index is 1310. The van der Waals surface area contributed by atoms with Crippen molar-refractivity contribution >= 4 is 34.3 Å². The Balaban J connectivity index is 1.42. The van der Waals surface area contributed by atoms with Crippen molar-refractivity contribution in [1.82, 2.24) is 20.3 Å². The molecule has 9 nitrogen and oxygen atoms in total. The van der Waals surface area contributed by atoms with Crippen molar-refractivity contribution in [1.29, 1.82) is 0 Å². The zero-order valence-electron chi connectivity index (χ0n) is 16.8. The van der Waals surface area contributed by atoms with Gasteiger partial charge in [0.2, 0.25) is 0 Å². The van der Waals surface area contributed by atoms with Crippen LogP contribution in [0.15, 0.2) is 67.1 Å². The normalized spacial score (nSPS) is 10.4. The molecule has 2 aromatic carbocycles. The van der Waals surface area contributed by atoms with E-state index in [1.165, 1.54) is 37.5 Å². The van der Waals surface area contributed by atoms with Gasteiger partial charge in [0, 0.05) is 43.5 Å². The molecule has 2 heterocycles. The van der Waals surface area contributed by atoms with Crippen molar-refractivity contribution in [3.63, 3.8) is 0 Å². The van der Waals surface area contributed by atoms with Gasteiger partial charge in [-0.05, 0) is 36.4 Å². The number of rotatable bonds is 5. The van der Waals surface area contributed by atoms with Crippen LogP contribution in [0.5, 0.6) is 11.5 Å². The molecule has 0 bridgehead atoms. The fourth-order valence-corrected chi connectivity index (χ4v) is 2.85. The van der Waals surface area contributed by atoms with Gasteiger partial charge in [-0.25, -0.2) is 9.18 Å². The molecule has 3 amide bonds. The van der Waals surface area contributed by atoms with Gasteiger partial charge in [0.1, 0.15) is 23.0 Å². The second-order valence-electron chi connectivity index (χ2n) is 6.54. The summed E-state index contributed by atoms with van der Waals surface area (Å²) in [6, 6.07) is 11.4. The molecular formula is C22H17FN6O3. The highest BCUT2D eigenvalue weighted by Crippen LogP contribution is 2.26. The monoisotopic (exact) mass is 432 g/mol. The smallest absolute Gasteiger partial charge is 0.323 e. The number of ether oxygens (including phenoxy) is 1. The van der Waals surface area contributed by atoms with E-state index >= 15 is 0 Å². The van der Waals surface area contributed by atoms with Crippen LogP contribution in [0.4, 0.5) is 20.6 Å². The van der Waals surface area contributed by atoms with E-state index in [1.54, 1.807) is 30.6 Å². The number of carbonyl (C=O) groups is 2. The van der Waals surface area contributed by atoms with Crippen LogP contribution in [-0.2, 0) is 0 Å². The van der Waals surface area contributed by atoms with Gasteiger partial charge in [0.05, 0.1) is 16.7 Å². The van der Waals surface area contributed by atoms with E-state index in [-0.39, 0.29) is 23.0 Å². The molecule has 0 fully saturated rings. The first-order valence-corrected chi connectivity index (χ1v) is 9.46. The van der Waals surface area contributed by atoms with Crippen molar-refractivity contribution in [2.45, 2.75) is 0 Å². The van der Waals surface area contributed by atoms with Gasteiger partial charge in [0.25, 0.3) is 5.91 Å². The van der Waals surface area contributed by atoms with E-state index in [9.17, 15) is 14.0 Å². The van der Waals surface area contributed by atoms with Gasteiger partial charge in [-0.2, -0.15) is 0 Å². The quantitative estimate of drug-likeness (QED) is 0.439. The molecule has 0 aliphatic heterocycles. The number of aromatic nitrogens is 3. The largest absolute Gasteiger partial charge is 0.457 e. The number of nitrogens with one attached hydrogen (secondary N) is 3. The van der Waals surface area contributed by atoms with Crippen LogP contribution < -0.4 is 20.7 Å². The number of benzene rings is 2. The summed E-state index contributed by atoms with van der Waals surface area (Å²) in [6.07, 6.45) is 4.54. The third-order valence-electron chi connectivity index (χ3n) is 4.34. The summed E-state index contributed by atoms with van der Waals surface area (Å²) in [5, 5.41) is 7.54. The molecule has 160 valence electrons. The first kappa shape index (κ1) is 20.7. The van der Waals surface area contributed by atoms with E-state index in [0.717, 1.165) is 6.07 Å².